The lowest BCUT2D eigenvalue weighted by atomic mass is 9.82. The summed E-state index contributed by atoms with van der Waals surface area (Å²) in [6.07, 6.45) is 2.62. The predicted octanol–water partition coefficient (Wildman–Crippen LogP) is 6.50. The third-order valence-corrected chi connectivity index (χ3v) is 7.71. The molecule has 0 saturated carbocycles. The maximum Gasteiger partial charge on any atom is 0.258 e. The minimum absolute atomic E-state index is 0.0177. The number of nitrogens with zero attached hydrogens (tertiary/aromatic N) is 5. The second kappa shape index (κ2) is 12.5. The van der Waals surface area contributed by atoms with Crippen LogP contribution in [0.5, 0.6) is 5.75 Å². The van der Waals surface area contributed by atoms with Gasteiger partial charge in [0.1, 0.15) is 10.9 Å². The number of pyridine rings is 1. The van der Waals surface area contributed by atoms with Gasteiger partial charge in [-0.2, -0.15) is 5.10 Å². The lowest BCUT2D eigenvalue weighted by Gasteiger charge is -2.31. The third kappa shape index (κ3) is 5.72. The van der Waals surface area contributed by atoms with Crippen LogP contribution < -0.4 is 10.1 Å². The molecule has 0 saturated heterocycles. The highest BCUT2D eigenvalue weighted by Crippen LogP contribution is 2.41. The quantitative estimate of drug-likeness (QED) is 0.167. The van der Waals surface area contributed by atoms with Crippen molar-refractivity contribution in [3.8, 4) is 5.75 Å². The van der Waals surface area contributed by atoms with Crippen molar-refractivity contribution in [2.24, 2.45) is 0 Å². The Balaban J connectivity index is 1.67. The Labute approximate surface area is 254 Å². The molecule has 2 atom stereocenters. The van der Waals surface area contributed by atoms with Crippen molar-refractivity contribution < 1.29 is 19.0 Å². The van der Waals surface area contributed by atoms with Gasteiger partial charge < -0.3 is 19.7 Å². The Morgan fingerprint density at radius 2 is 1.86 bits per heavy atom. The molecule has 5 aromatic rings. The van der Waals surface area contributed by atoms with Gasteiger partial charge in [-0.25, -0.2) is 14.4 Å². The van der Waals surface area contributed by atoms with Gasteiger partial charge in [0.2, 0.25) is 6.36 Å². The molecule has 0 aliphatic carbocycles. The number of benzene rings is 2. The molecular formula is C32H34ClFN6O3. The van der Waals surface area contributed by atoms with Crippen molar-refractivity contribution in [1.29, 1.82) is 0 Å². The molecule has 2 aromatic carbocycles. The lowest BCUT2D eigenvalue weighted by molar-refractivity contribution is 0.0638. The molecular weight excluding hydrogens is 571 g/mol. The summed E-state index contributed by atoms with van der Waals surface area (Å²) in [5.74, 6) is 0.241. The highest BCUT2D eigenvalue weighted by Gasteiger charge is 2.41. The Bertz CT molecular complexity index is 1760. The second-order valence-corrected chi connectivity index (χ2v) is 10.4. The number of aliphatic hydroxyl groups is 1. The van der Waals surface area contributed by atoms with Crippen molar-refractivity contribution >= 4 is 34.4 Å². The van der Waals surface area contributed by atoms with Gasteiger partial charge in [-0.05, 0) is 55.2 Å². The van der Waals surface area contributed by atoms with Crippen LogP contribution in [0.4, 0.5) is 10.1 Å². The number of alkyl halides is 1. The second-order valence-electron chi connectivity index (χ2n) is 10.1. The molecule has 0 aliphatic rings. The first-order valence-electron chi connectivity index (χ1n) is 14.4. The van der Waals surface area contributed by atoms with Gasteiger partial charge >= 0.3 is 0 Å². The van der Waals surface area contributed by atoms with Gasteiger partial charge in [0, 0.05) is 25.7 Å². The van der Waals surface area contributed by atoms with Crippen molar-refractivity contribution in [2.45, 2.75) is 65.6 Å². The third-order valence-electron chi connectivity index (χ3n) is 7.42. The Kier molecular flexibility index (Phi) is 8.79. The average molecular weight is 605 g/mol. The van der Waals surface area contributed by atoms with Crippen LogP contribution in [0.15, 0.2) is 67.0 Å². The Hall–Kier alpha value is -4.28. The van der Waals surface area contributed by atoms with Crippen LogP contribution in [0.1, 0.15) is 67.0 Å². The fraction of sp³-hybridized carbons (Fsp3) is 0.312. The number of hydrogen-bond donors (Lipinski definition) is 2. The first kappa shape index (κ1) is 30.2. The monoisotopic (exact) mass is 604 g/mol. The number of nitrogens with one attached hydrogen (secondary N) is 1. The molecule has 11 heteroatoms. The van der Waals surface area contributed by atoms with E-state index in [-0.39, 0.29) is 22.8 Å². The number of carbonyl (C=O) groups is 1. The highest BCUT2D eigenvalue weighted by molar-refractivity contribution is 6.33. The van der Waals surface area contributed by atoms with E-state index in [0.717, 1.165) is 5.56 Å². The summed E-state index contributed by atoms with van der Waals surface area (Å²) in [5.41, 5.74) is 1.70. The number of rotatable bonds is 11. The molecule has 3 heterocycles. The van der Waals surface area contributed by atoms with Crippen molar-refractivity contribution in [1.82, 2.24) is 24.3 Å². The summed E-state index contributed by atoms with van der Waals surface area (Å²) in [6.45, 7) is 8.62. The Morgan fingerprint density at radius 3 is 2.51 bits per heavy atom. The molecule has 2 N–H and O–H groups in total. The lowest BCUT2D eigenvalue weighted by Crippen LogP contribution is -2.34. The number of hydrogen-bond acceptors (Lipinski definition) is 6. The SMILES string of the molecule is CCc1cc(OC(F)CC)ccc1C(O)(c1ccccc1)c1nc2nc(Cl)c(C(=O)Nc3cnn(CC)c3)cc2n1CC. The highest BCUT2D eigenvalue weighted by atomic mass is 35.5. The van der Waals surface area contributed by atoms with Crippen LogP contribution in [0.2, 0.25) is 5.15 Å². The zero-order valence-electron chi connectivity index (χ0n) is 24.5. The van der Waals surface area contributed by atoms with Crippen molar-refractivity contribution in [2.75, 3.05) is 5.32 Å². The molecule has 9 nitrogen and oxygen atoms in total. The molecule has 0 spiro atoms. The first-order valence-corrected chi connectivity index (χ1v) is 14.7. The van der Waals surface area contributed by atoms with Gasteiger partial charge in [-0.1, -0.05) is 61.8 Å². The summed E-state index contributed by atoms with van der Waals surface area (Å²) in [5, 5.41) is 19.8. The minimum atomic E-state index is -1.73. The molecule has 3 aromatic heterocycles. The molecule has 0 bridgehead atoms. The maximum atomic E-state index is 14.1. The zero-order chi connectivity index (χ0) is 30.7. The number of aryl methyl sites for hydroxylation is 3. The molecule has 224 valence electrons. The largest absolute Gasteiger partial charge is 0.460 e. The zero-order valence-corrected chi connectivity index (χ0v) is 25.3. The van der Waals surface area contributed by atoms with Crippen molar-refractivity contribution in [3.63, 3.8) is 0 Å². The van der Waals surface area contributed by atoms with Crippen LogP contribution in [0.3, 0.4) is 0 Å². The summed E-state index contributed by atoms with van der Waals surface area (Å²) < 4.78 is 23.0. The summed E-state index contributed by atoms with van der Waals surface area (Å²) in [7, 11) is 0. The minimum Gasteiger partial charge on any atom is -0.460 e. The summed E-state index contributed by atoms with van der Waals surface area (Å²) >= 11 is 6.52. The summed E-state index contributed by atoms with van der Waals surface area (Å²) in [4.78, 5) is 22.5. The number of ether oxygens (including phenoxy) is 1. The van der Waals surface area contributed by atoms with E-state index >= 15 is 0 Å². The van der Waals surface area contributed by atoms with Gasteiger partial charge in [0.15, 0.2) is 17.1 Å². The standard InChI is InChI=1S/C32H34ClFN6O3/c1-5-20-16-23(43-27(34)6-2)14-15-25(20)32(42,21-12-10-9-11-13-21)31-38-29-26(40(31)8-4)17-24(28(33)37-29)30(41)36-22-18-35-39(7-3)19-22/h9-19,27,42H,5-8H2,1-4H3,(H,36,41). The van der Waals surface area contributed by atoms with E-state index in [0.29, 0.717) is 53.4 Å². The number of fused-ring (bicyclic) bond motifs is 1. The Morgan fingerprint density at radius 1 is 1.09 bits per heavy atom. The van der Waals surface area contributed by atoms with Crippen LogP contribution in [0, 0.1) is 0 Å². The summed E-state index contributed by atoms with van der Waals surface area (Å²) in [6, 6.07) is 16.0. The molecule has 2 unspecified atom stereocenters. The number of carbonyl (C=O) groups excluding carboxylic acids is 1. The van der Waals surface area contributed by atoms with E-state index in [1.807, 2.05) is 55.7 Å². The van der Waals surface area contributed by atoms with E-state index in [2.05, 4.69) is 15.4 Å². The molecule has 0 radical (unpaired) electrons. The topological polar surface area (TPSA) is 107 Å². The fourth-order valence-corrected chi connectivity index (χ4v) is 5.41. The molecule has 1 amide bonds. The van der Waals surface area contributed by atoms with Gasteiger partial charge in [0.05, 0.1) is 23.0 Å². The number of anilines is 1. The van der Waals surface area contributed by atoms with Crippen LogP contribution in [0.25, 0.3) is 11.2 Å². The molecule has 0 aliphatic heterocycles. The molecule has 43 heavy (non-hydrogen) atoms. The van der Waals surface area contributed by atoms with Crippen LogP contribution in [-0.4, -0.2) is 41.7 Å². The molecule has 5 rings (SSSR count). The number of halogens is 2. The number of amides is 1. The van der Waals surface area contributed by atoms with Gasteiger partial charge in [-0.3, -0.25) is 9.48 Å². The number of imidazole rings is 1. The average Bonchev–Trinajstić information content (AvgIpc) is 3.64. The first-order chi connectivity index (χ1) is 20.7. The van der Waals surface area contributed by atoms with Crippen LogP contribution >= 0.6 is 11.6 Å². The number of aromatic nitrogens is 5. The molecule has 0 fully saturated rings. The van der Waals surface area contributed by atoms with Crippen LogP contribution in [-0.2, 0) is 25.1 Å². The van der Waals surface area contributed by atoms with Crippen molar-refractivity contribution in [3.05, 3.63) is 100 Å². The smallest absolute Gasteiger partial charge is 0.258 e. The van der Waals surface area contributed by atoms with Gasteiger partial charge in [0.25, 0.3) is 5.91 Å². The van der Waals surface area contributed by atoms with E-state index in [1.54, 1.807) is 48.3 Å². The predicted molar refractivity (Wildman–Crippen MR) is 164 cm³/mol. The van der Waals surface area contributed by atoms with E-state index in [4.69, 9.17) is 21.3 Å². The van der Waals surface area contributed by atoms with E-state index in [9.17, 15) is 14.3 Å². The fourth-order valence-electron chi connectivity index (χ4n) is 5.19. The normalized spacial score (nSPS) is 13.6. The maximum absolute atomic E-state index is 14.1. The van der Waals surface area contributed by atoms with E-state index in [1.165, 1.54) is 0 Å². The van der Waals surface area contributed by atoms with Gasteiger partial charge in [-0.15, -0.1) is 0 Å². The van der Waals surface area contributed by atoms with E-state index < -0.39 is 17.9 Å².